The second-order valence-corrected chi connectivity index (χ2v) is 8.53. The van der Waals surface area contributed by atoms with E-state index in [2.05, 4.69) is 20.7 Å². The highest BCUT2D eigenvalue weighted by Gasteiger charge is 2.42. The molecule has 20 heavy (non-hydrogen) atoms. The molecule has 2 rings (SSSR count). The third-order valence-corrected chi connectivity index (χ3v) is 7.09. The van der Waals surface area contributed by atoms with Gasteiger partial charge in [-0.3, -0.25) is 0 Å². The molecule has 0 radical (unpaired) electrons. The predicted molar refractivity (Wildman–Crippen MR) is 81.8 cm³/mol. The van der Waals surface area contributed by atoms with E-state index < -0.39 is 16.0 Å². The van der Waals surface area contributed by atoms with Crippen molar-refractivity contribution in [2.75, 3.05) is 12.8 Å². The van der Waals surface area contributed by atoms with Crippen LogP contribution in [0.4, 0.5) is 0 Å². The summed E-state index contributed by atoms with van der Waals surface area (Å²) in [7, 11) is -3.64. The van der Waals surface area contributed by atoms with E-state index >= 15 is 0 Å². The van der Waals surface area contributed by atoms with Crippen LogP contribution in [-0.4, -0.2) is 37.0 Å². The monoisotopic (exact) mass is 379 g/mol. The van der Waals surface area contributed by atoms with E-state index in [0.29, 0.717) is 6.54 Å². The fourth-order valence-electron chi connectivity index (χ4n) is 1.75. The molecule has 1 fully saturated rings. The van der Waals surface area contributed by atoms with Crippen molar-refractivity contribution in [3.8, 4) is 0 Å². The van der Waals surface area contributed by atoms with Crippen LogP contribution in [0, 0.1) is 0 Å². The van der Waals surface area contributed by atoms with Gasteiger partial charge in [0.25, 0.3) is 0 Å². The van der Waals surface area contributed by atoms with Gasteiger partial charge in [0, 0.05) is 15.8 Å². The molecule has 0 heterocycles. The van der Waals surface area contributed by atoms with Crippen molar-refractivity contribution >= 4 is 43.7 Å². The van der Waals surface area contributed by atoms with E-state index in [1.165, 1.54) is 18.2 Å². The van der Waals surface area contributed by atoms with Crippen LogP contribution in [0.15, 0.2) is 27.6 Å². The van der Waals surface area contributed by atoms with E-state index in [4.69, 9.17) is 5.11 Å². The number of carboxylic acid groups (broad SMARTS) is 1. The van der Waals surface area contributed by atoms with Crippen LogP contribution in [0.3, 0.4) is 0 Å². The van der Waals surface area contributed by atoms with Crippen molar-refractivity contribution in [2.45, 2.75) is 22.5 Å². The Morgan fingerprint density at radius 2 is 2.15 bits per heavy atom. The zero-order valence-electron chi connectivity index (χ0n) is 10.7. The average molecular weight is 380 g/mol. The number of halogens is 1. The quantitative estimate of drug-likeness (QED) is 0.792. The minimum Gasteiger partial charge on any atom is -0.478 e. The van der Waals surface area contributed by atoms with E-state index in [1.807, 2.05) is 6.26 Å². The fraction of sp³-hybridized carbons (Fsp3) is 0.417. The smallest absolute Gasteiger partial charge is 0.335 e. The van der Waals surface area contributed by atoms with Gasteiger partial charge >= 0.3 is 5.97 Å². The van der Waals surface area contributed by atoms with Crippen LogP contribution in [0.1, 0.15) is 23.2 Å². The third kappa shape index (κ3) is 3.36. The molecule has 0 spiro atoms. The maximum absolute atomic E-state index is 12.2. The summed E-state index contributed by atoms with van der Waals surface area (Å²) >= 11 is 4.78. The fourth-order valence-corrected chi connectivity index (χ4v) is 4.77. The zero-order valence-corrected chi connectivity index (χ0v) is 13.9. The predicted octanol–water partition coefficient (Wildman–Crippen LogP) is 2.32. The Morgan fingerprint density at radius 3 is 2.60 bits per heavy atom. The van der Waals surface area contributed by atoms with Crippen LogP contribution in [0.5, 0.6) is 0 Å². The maximum Gasteiger partial charge on any atom is 0.335 e. The van der Waals surface area contributed by atoms with Gasteiger partial charge in [-0.25, -0.2) is 17.9 Å². The Kier molecular flexibility index (Phi) is 4.48. The summed E-state index contributed by atoms with van der Waals surface area (Å²) < 4.78 is 27.3. The van der Waals surface area contributed by atoms with Gasteiger partial charge in [-0.15, -0.1) is 0 Å². The first-order chi connectivity index (χ1) is 9.30. The number of hydrogen-bond acceptors (Lipinski definition) is 4. The van der Waals surface area contributed by atoms with E-state index in [9.17, 15) is 13.2 Å². The number of carboxylic acids is 1. The number of rotatable bonds is 6. The SMILES string of the molecule is CSC1(CNS(=O)(=O)c2ccc(C(=O)O)cc2Br)CC1. The molecule has 0 amide bonds. The Morgan fingerprint density at radius 1 is 1.50 bits per heavy atom. The molecular formula is C12H14BrNO4S2. The summed E-state index contributed by atoms with van der Waals surface area (Å²) in [6, 6.07) is 3.87. The first-order valence-electron chi connectivity index (χ1n) is 5.87. The molecule has 1 saturated carbocycles. The molecule has 110 valence electrons. The van der Waals surface area contributed by atoms with Crippen LogP contribution in [0.2, 0.25) is 0 Å². The molecule has 1 aromatic carbocycles. The highest BCUT2D eigenvalue weighted by atomic mass is 79.9. The van der Waals surface area contributed by atoms with E-state index in [1.54, 1.807) is 11.8 Å². The molecule has 0 aliphatic heterocycles. The molecule has 5 nitrogen and oxygen atoms in total. The van der Waals surface area contributed by atoms with Crippen LogP contribution >= 0.6 is 27.7 Å². The number of carbonyl (C=O) groups is 1. The van der Waals surface area contributed by atoms with Crippen molar-refractivity contribution in [1.82, 2.24) is 4.72 Å². The molecule has 2 N–H and O–H groups in total. The number of aromatic carboxylic acids is 1. The lowest BCUT2D eigenvalue weighted by Gasteiger charge is -2.14. The first kappa shape index (κ1) is 15.8. The van der Waals surface area contributed by atoms with Crippen molar-refractivity contribution in [3.05, 3.63) is 28.2 Å². The Bertz CT molecular complexity index is 641. The van der Waals surface area contributed by atoms with Gasteiger partial charge in [0.15, 0.2) is 0 Å². The molecular weight excluding hydrogens is 366 g/mol. The van der Waals surface area contributed by atoms with Gasteiger partial charge in [0.05, 0.1) is 10.5 Å². The Labute approximate surface area is 130 Å². The van der Waals surface area contributed by atoms with Gasteiger partial charge < -0.3 is 5.11 Å². The number of nitrogens with one attached hydrogen (secondary N) is 1. The summed E-state index contributed by atoms with van der Waals surface area (Å²) in [4.78, 5) is 10.9. The number of hydrogen-bond donors (Lipinski definition) is 2. The minimum atomic E-state index is -3.64. The lowest BCUT2D eigenvalue weighted by Crippen LogP contribution is -2.32. The summed E-state index contributed by atoms with van der Waals surface area (Å²) in [6.45, 7) is 0.392. The van der Waals surface area contributed by atoms with Crippen molar-refractivity contribution in [2.24, 2.45) is 0 Å². The topological polar surface area (TPSA) is 83.5 Å². The number of thioether (sulfide) groups is 1. The first-order valence-corrected chi connectivity index (χ1v) is 9.37. The third-order valence-electron chi connectivity index (χ3n) is 3.29. The highest BCUT2D eigenvalue weighted by molar-refractivity contribution is 9.10. The highest BCUT2D eigenvalue weighted by Crippen LogP contribution is 2.46. The van der Waals surface area contributed by atoms with Crippen LogP contribution in [0.25, 0.3) is 0 Å². The lowest BCUT2D eigenvalue weighted by molar-refractivity contribution is 0.0696. The summed E-state index contributed by atoms with van der Waals surface area (Å²) in [5, 5.41) is 8.86. The van der Waals surface area contributed by atoms with Crippen LogP contribution in [-0.2, 0) is 10.0 Å². The molecule has 0 bridgehead atoms. The number of benzene rings is 1. The number of sulfonamides is 1. The van der Waals surface area contributed by atoms with Crippen LogP contribution < -0.4 is 4.72 Å². The van der Waals surface area contributed by atoms with Crippen molar-refractivity contribution in [3.63, 3.8) is 0 Å². The van der Waals surface area contributed by atoms with E-state index in [0.717, 1.165) is 12.8 Å². The normalized spacial score (nSPS) is 16.9. The van der Waals surface area contributed by atoms with Gasteiger partial charge in [-0.2, -0.15) is 11.8 Å². The summed E-state index contributed by atoms with van der Waals surface area (Å²) in [6.07, 6.45) is 3.99. The second-order valence-electron chi connectivity index (χ2n) is 4.66. The molecule has 1 aliphatic carbocycles. The van der Waals surface area contributed by atoms with E-state index in [-0.39, 0.29) is 19.7 Å². The average Bonchev–Trinajstić information content (AvgIpc) is 3.17. The zero-order chi connectivity index (χ0) is 15.0. The minimum absolute atomic E-state index is 0.0283. The standard InChI is InChI=1S/C12H14BrNO4S2/c1-19-12(4-5-12)7-14-20(17,18)10-3-2-8(11(15)16)6-9(10)13/h2-3,6,14H,4-5,7H2,1H3,(H,15,16). The molecule has 0 saturated heterocycles. The Hall–Kier alpha value is -0.570. The van der Waals surface area contributed by atoms with Gasteiger partial charge in [0.1, 0.15) is 0 Å². The molecule has 0 atom stereocenters. The van der Waals surface area contributed by atoms with Gasteiger partial charge in [-0.05, 0) is 53.2 Å². The Balaban J connectivity index is 2.19. The summed E-state index contributed by atoms with van der Waals surface area (Å²) in [5.74, 6) is -1.10. The molecule has 0 aromatic heterocycles. The second kappa shape index (κ2) is 5.67. The largest absolute Gasteiger partial charge is 0.478 e. The summed E-state index contributed by atoms with van der Waals surface area (Å²) in [5.41, 5.74) is 0.0404. The molecule has 1 aliphatic rings. The van der Waals surface area contributed by atoms with Crippen molar-refractivity contribution < 1.29 is 18.3 Å². The molecule has 1 aromatic rings. The van der Waals surface area contributed by atoms with Gasteiger partial charge in [-0.1, -0.05) is 0 Å². The maximum atomic E-state index is 12.2. The molecule has 0 unspecified atom stereocenters. The molecule has 8 heteroatoms. The van der Waals surface area contributed by atoms with Crippen molar-refractivity contribution in [1.29, 1.82) is 0 Å². The lowest BCUT2D eigenvalue weighted by atomic mass is 10.2. The van der Waals surface area contributed by atoms with Gasteiger partial charge in [0.2, 0.25) is 10.0 Å².